The fourth-order valence-corrected chi connectivity index (χ4v) is 2.96. The van der Waals surface area contributed by atoms with Crippen molar-refractivity contribution in [2.24, 2.45) is 0 Å². The number of hydrogen-bond donors (Lipinski definition) is 2. The van der Waals surface area contributed by atoms with Gasteiger partial charge >= 0.3 is 5.69 Å². The van der Waals surface area contributed by atoms with Gasteiger partial charge < -0.3 is 4.90 Å². The molecular formula is C15H14ClN7O5. The molecule has 0 bridgehead atoms. The molecule has 146 valence electrons. The Hall–Kier alpha value is -3.54. The first-order valence-corrected chi connectivity index (χ1v) is 8.51. The summed E-state index contributed by atoms with van der Waals surface area (Å²) in [7, 11) is 0. The zero-order chi connectivity index (χ0) is 20.3. The average molecular weight is 408 g/mol. The van der Waals surface area contributed by atoms with E-state index in [0.717, 1.165) is 25.2 Å². The van der Waals surface area contributed by atoms with E-state index in [1.807, 2.05) is 0 Å². The van der Waals surface area contributed by atoms with E-state index in [9.17, 15) is 25.0 Å². The van der Waals surface area contributed by atoms with E-state index in [2.05, 4.69) is 20.8 Å². The summed E-state index contributed by atoms with van der Waals surface area (Å²) in [5.41, 5.74) is 3.79. The summed E-state index contributed by atoms with van der Waals surface area (Å²) in [5.74, 6) is -0.787. The second-order valence-electron chi connectivity index (χ2n) is 5.85. The second-order valence-corrected chi connectivity index (χ2v) is 6.26. The SMILES string of the molecule is O=C(NNc1ncnc(N2CCCC2)c1[N+](=O)[O-])c1ccc(Cl)c([N+](=O)[O-])c1. The van der Waals surface area contributed by atoms with E-state index in [4.69, 9.17) is 11.6 Å². The molecule has 1 aromatic carbocycles. The smallest absolute Gasteiger partial charge is 0.351 e. The molecule has 28 heavy (non-hydrogen) atoms. The van der Waals surface area contributed by atoms with Gasteiger partial charge in [-0.05, 0) is 25.0 Å². The minimum atomic E-state index is -0.754. The summed E-state index contributed by atoms with van der Waals surface area (Å²) >= 11 is 5.72. The van der Waals surface area contributed by atoms with E-state index >= 15 is 0 Å². The van der Waals surface area contributed by atoms with Gasteiger partial charge in [-0.25, -0.2) is 9.97 Å². The van der Waals surface area contributed by atoms with Crippen LogP contribution in [0, 0.1) is 20.2 Å². The minimum Gasteiger partial charge on any atom is -0.351 e. The Morgan fingerprint density at radius 3 is 2.50 bits per heavy atom. The zero-order valence-electron chi connectivity index (χ0n) is 14.3. The highest BCUT2D eigenvalue weighted by molar-refractivity contribution is 6.32. The summed E-state index contributed by atoms with van der Waals surface area (Å²) in [6, 6.07) is 3.51. The van der Waals surface area contributed by atoms with Gasteiger partial charge in [0.2, 0.25) is 11.6 Å². The van der Waals surface area contributed by atoms with E-state index in [1.165, 1.54) is 12.1 Å². The molecule has 0 saturated carbocycles. The lowest BCUT2D eigenvalue weighted by molar-refractivity contribution is -0.384. The van der Waals surface area contributed by atoms with Crippen molar-refractivity contribution in [2.75, 3.05) is 23.4 Å². The largest absolute Gasteiger partial charge is 0.355 e. The molecule has 0 atom stereocenters. The Bertz CT molecular complexity index is 948. The van der Waals surface area contributed by atoms with Crippen LogP contribution in [-0.2, 0) is 0 Å². The van der Waals surface area contributed by atoms with Crippen molar-refractivity contribution in [3.05, 3.63) is 55.3 Å². The molecule has 1 aliphatic heterocycles. The van der Waals surface area contributed by atoms with Crippen molar-refractivity contribution in [1.82, 2.24) is 15.4 Å². The highest BCUT2D eigenvalue weighted by Crippen LogP contribution is 2.33. The fourth-order valence-electron chi connectivity index (χ4n) is 2.77. The normalized spacial score (nSPS) is 13.2. The average Bonchev–Trinajstić information content (AvgIpc) is 3.20. The Morgan fingerprint density at radius 1 is 1.14 bits per heavy atom. The van der Waals surface area contributed by atoms with E-state index in [0.29, 0.717) is 13.1 Å². The molecule has 2 N–H and O–H groups in total. The molecule has 2 heterocycles. The third kappa shape index (κ3) is 3.91. The molecule has 0 unspecified atom stereocenters. The second kappa shape index (κ2) is 8.00. The first-order chi connectivity index (χ1) is 13.4. The maximum absolute atomic E-state index is 12.3. The number of anilines is 2. The number of nitrogens with one attached hydrogen (secondary N) is 2. The highest BCUT2D eigenvalue weighted by atomic mass is 35.5. The van der Waals surface area contributed by atoms with Crippen LogP contribution in [0.3, 0.4) is 0 Å². The first-order valence-electron chi connectivity index (χ1n) is 8.13. The topological polar surface area (TPSA) is 156 Å². The highest BCUT2D eigenvalue weighted by Gasteiger charge is 2.29. The number of benzene rings is 1. The zero-order valence-corrected chi connectivity index (χ0v) is 15.0. The molecule has 12 nitrogen and oxygen atoms in total. The predicted octanol–water partition coefficient (Wildman–Crippen LogP) is 2.30. The third-order valence-electron chi connectivity index (χ3n) is 4.09. The number of rotatable bonds is 6. The van der Waals surface area contributed by atoms with Crippen LogP contribution >= 0.6 is 11.6 Å². The number of halogens is 1. The van der Waals surface area contributed by atoms with Gasteiger partial charge in [-0.1, -0.05) is 11.6 Å². The van der Waals surface area contributed by atoms with Gasteiger partial charge in [-0.2, -0.15) is 0 Å². The van der Waals surface area contributed by atoms with E-state index in [1.54, 1.807) is 4.90 Å². The van der Waals surface area contributed by atoms with Crippen LogP contribution in [0.25, 0.3) is 0 Å². The van der Waals surface area contributed by atoms with E-state index < -0.39 is 21.4 Å². The molecule has 0 aliphatic carbocycles. The number of carbonyl (C=O) groups is 1. The van der Waals surface area contributed by atoms with Gasteiger partial charge in [0, 0.05) is 24.7 Å². The molecule has 1 aliphatic rings. The van der Waals surface area contributed by atoms with Crippen molar-refractivity contribution in [1.29, 1.82) is 0 Å². The Kier molecular flexibility index (Phi) is 5.49. The van der Waals surface area contributed by atoms with Gasteiger partial charge in [0.15, 0.2) is 0 Å². The number of amides is 1. The molecule has 0 radical (unpaired) electrons. The van der Waals surface area contributed by atoms with Crippen LogP contribution < -0.4 is 15.8 Å². The maximum Gasteiger partial charge on any atom is 0.355 e. The van der Waals surface area contributed by atoms with Crippen molar-refractivity contribution in [3.8, 4) is 0 Å². The van der Waals surface area contributed by atoms with Gasteiger partial charge in [-0.3, -0.25) is 35.9 Å². The summed E-state index contributed by atoms with van der Waals surface area (Å²) in [6.45, 7) is 1.27. The van der Waals surface area contributed by atoms with Crippen molar-refractivity contribution < 1.29 is 14.6 Å². The predicted molar refractivity (Wildman–Crippen MR) is 99.3 cm³/mol. The van der Waals surface area contributed by atoms with Crippen LogP contribution in [0.15, 0.2) is 24.5 Å². The molecule has 13 heteroatoms. The van der Waals surface area contributed by atoms with Crippen molar-refractivity contribution in [2.45, 2.75) is 12.8 Å². The molecule has 1 aromatic heterocycles. The van der Waals surface area contributed by atoms with Gasteiger partial charge in [0.05, 0.1) is 9.85 Å². The summed E-state index contributed by atoms with van der Waals surface area (Å²) in [6.07, 6.45) is 2.95. The molecular weight excluding hydrogens is 394 g/mol. The Balaban J connectivity index is 1.82. The standard InChI is InChI=1S/C15H14ClN7O5/c16-10-4-3-9(7-11(10)22(25)26)15(24)20-19-13-12(23(27)28)14(18-8-17-13)21-5-1-2-6-21/h3-4,7-8H,1-2,5-6H2,(H,20,24)(H,17,18,19). The first kappa shape index (κ1) is 19.2. The number of carbonyl (C=O) groups excluding carboxylic acids is 1. The van der Waals surface area contributed by atoms with Gasteiger partial charge in [0.25, 0.3) is 11.6 Å². The third-order valence-corrected chi connectivity index (χ3v) is 4.41. The number of hydrazine groups is 1. The van der Waals surface area contributed by atoms with Crippen LogP contribution in [0.2, 0.25) is 5.02 Å². The number of nitro groups is 2. The van der Waals surface area contributed by atoms with Crippen LogP contribution in [0.5, 0.6) is 0 Å². The van der Waals surface area contributed by atoms with Crippen LogP contribution in [-0.4, -0.2) is 38.8 Å². The molecule has 3 rings (SSSR count). The molecule has 1 saturated heterocycles. The van der Waals surface area contributed by atoms with Crippen molar-refractivity contribution >= 4 is 40.5 Å². The lowest BCUT2D eigenvalue weighted by atomic mass is 10.2. The van der Waals surface area contributed by atoms with Crippen LogP contribution in [0.1, 0.15) is 23.2 Å². The lowest BCUT2D eigenvalue weighted by Crippen LogP contribution is -2.31. The molecule has 0 spiro atoms. The summed E-state index contributed by atoms with van der Waals surface area (Å²) in [5, 5.41) is 22.3. The lowest BCUT2D eigenvalue weighted by Gasteiger charge is -2.17. The monoisotopic (exact) mass is 407 g/mol. The molecule has 2 aromatic rings. The number of nitro benzene ring substituents is 1. The summed E-state index contributed by atoms with van der Waals surface area (Å²) in [4.78, 5) is 43.0. The number of hydrogen-bond acceptors (Lipinski definition) is 9. The maximum atomic E-state index is 12.3. The molecule has 1 fully saturated rings. The fraction of sp³-hybridized carbons (Fsp3) is 0.267. The van der Waals surface area contributed by atoms with Crippen molar-refractivity contribution in [3.63, 3.8) is 0 Å². The Labute approximate surface area is 162 Å². The number of aromatic nitrogens is 2. The minimum absolute atomic E-state index is 0.0555. The number of nitrogens with zero attached hydrogens (tertiary/aromatic N) is 5. The summed E-state index contributed by atoms with van der Waals surface area (Å²) < 4.78 is 0. The Morgan fingerprint density at radius 2 is 1.86 bits per heavy atom. The molecule has 1 amide bonds. The van der Waals surface area contributed by atoms with E-state index in [-0.39, 0.29) is 27.9 Å². The van der Waals surface area contributed by atoms with Gasteiger partial charge in [-0.15, -0.1) is 0 Å². The van der Waals surface area contributed by atoms with Crippen LogP contribution in [0.4, 0.5) is 23.0 Å². The van der Waals surface area contributed by atoms with Gasteiger partial charge in [0.1, 0.15) is 11.3 Å². The quantitative estimate of drug-likeness (QED) is 0.541.